The maximum absolute atomic E-state index is 5.75. The Morgan fingerprint density at radius 3 is 2.94 bits per heavy atom. The molecule has 3 aromatic rings. The molecule has 3 rings (SSSR count). The molecule has 0 unspecified atom stereocenters. The van der Waals surface area contributed by atoms with Crippen LogP contribution in [0.1, 0.15) is 0 Å². The predicted octanol–water partition coefficient (Wildman–Crippen LogP) is 2.01. The van der Waals surface area contributed by atoms with Crippen LogP contribution in [0.3, 0.4) is 0 Å². The van der Waals surface area contributed by atoms with Crippen molar-refractivity contribution in [1.29, 1.82) is 0 Å². The first-order valence-electron chi connectivity index (χ1n) is 5.51. The van der Waals surface area contributed by atoms with Crippen LogP contribution in [0.4, 0.5) is 5.69 Å². The van der Waals surface area contributed by atoms with Gasteiger partial charge in [-0.15, -0.1) is 0 Å². The molecule has 0 saturated carbocycles. The molecule has 0 aliphatic carbocycles. The highest BCUT2D eigenvalue weighted by Crippen LogP contribution is 2.27. The van der Waals surface area contributed by atoms with Gasteiger partial charge in [0.25, 0.3) is 0 Å². The number of rotatable bonds is 2. The molecular formula is C13H12N4O. The van der Waals surface area contributed by atoms with E-state index in [1.807, 2.05) is 28.8 Å². The molecule has 0 spiro atoms. The Kier molecular flexibility index (Phi) is 2.37. The number of anilines is 1. The standard InChI is InChI=1S/C13H12N4O/c1-18-12-7-9(14)4-5-11(12)17-8-16-10-3-2-6-15-13(10)17/h2-8H,14H2,1H3. The summed E-state index contributed by atoms with van der Waals surface area (Å²) in [7, 11) is 1.62. The highest BCUT2D eigenvalue weighted by Gasteiger charge is 2.10. The summed E-state index contributed by atoms with van der Waals surface area (Å²) in [5.74, 6) is 0.694. The van der Waals surface area contributed by atoms with E-state index in [9.17, 15) is 0 Å². The average Bonchev–Trinajstić information content (AvgIpc) is 2.82. The van der Waals surface area contributed by atoms with Gasteiger partial charge in [-0.25, -0.2) is 9.97 Å². The number of nitrogen functional groups attached to an aromatic ring is 1. The SMILES string of the molecule is COc1cc(N)ccc1-n1cnc2cccnc21. The van der Waals surface area contributed by atoms with E-state index in [2.05, 4.69) is 9.97 Å². The maximum atomic E-state index is 5.75. The number of nitrogens with two attached hydrogens (primary N) is 1. The summed E-state index contributed by atoms with van der Waals surface area (Å²) in [4.78, 5) is 8.64. The zero-order valence-electron chi connectivity index (χ0n) is 9.87. The van der Waals surface area contributed by atoms with E-state index < -0.39 is 0 Å². The molecule has 0 aliphatic heterocycles. The third-order valence-corrected chi connectivity index (χ3v) is 2.77. The van der Waals surface area contributed by atoms with Gasteiger partial charge in [-0.05, 0) is 24.3 Å². The van der Waals surface area contributed by atoms with Gasteiger partial charge in [-0.1, -0.05) is 0 Å². The second kappa shape index (κ2) is 4.03. The van der Waals surface area contributed by atoms with Crippen molar-refractivity contribution >= 4 is 16.9 Å². The van der Waals surface area contributed by atoms with Crippen LogP contribution in [0.25, 0.3) is 16.9 Å². The van der Waals surface area contributed by atoms with Gasteiger partial charge in [0, 0.05) is 18.0 Å². The summed E-state index contributed by atoms with van der Waals surface area (Å²) in [6.45, 7) is 0. The van der Waals surface area contributed by atoms with Gasteiger partial charge in [0.05, 0.1) is 12.8 Å². The Labute approximate surface area is 104 Å². The molecule has 0 aliphatic rings. The Morgan fingerprint density at radius 1 is 1.22 bits per heavy atom. The van der Waals surface area contributed by atoms with Crippen molar-refractivity contribution in [2.45, 2.75) is 0 Å². The molecule has 0 bridgehead atoms. The van der Waals surface area contributed by atoms with E-state index >= 15 is 0 Å². The van der Waals surface area contributed by atoms with Crippen molar-refractivity contribution in [2.24, 2.45) is 0 Å². The van der Waals surface area contributed by atoms with Crippen LogP contribution in [-0.2, 0) is 0 Å². The van der Waals surface area contributed by atoms with Crippen LogP contribution < -0.4 is 10.5 Å². The van der Waals surface area contributed by atoms with Gasteiger partial charge in [-0.2, -0.15) is 0 Å². The van der Waals surface area contributed by atoms with Crippen LogP contribution >= 0.6 is 0 Å². The molecule has 90 valence electrons. The molecule has 5 nitrogen and oxygen atoms in total. The first-order chi connectivity index (χ1) is 8.79. The minimum absolute atomic E-state index is 0.660. The zero-order valence-corrected chi connectivity index (χ0v) is 9.87. The van der Waals surface area contributed by atoms with Gasteiger partial charge in [0.15, 0.2) is 5.65 Å². The van der Waals surface area contributed by atoms with E-state index in [1.54, 1.807) is 25.7 Å². The second-order valence-electron chi connectivity index (χ2n) is 3.89. The lowest BCUT2D eigenvalue weighted by Gasteiger charge is -2.10. The molecule has 1 aromatic carbocycles. The zero-order chi connectivity index (χ0) is 12.5. The fourth-order valence-corrected chi connectivity index (χ4v) is 1.92. The molecule has 18 heavy (non-hydrogen) atoms. The number of nitrogens with zero attached hydrogens (tertiary/aromatic N) is 3. The third-order valence-electron chi connectivity index (χ3n) is 2.77. The highest BCUT2D eigenvalue weighted by molar-refractivity contribution is 5.74. The quantitative estimate of drug-likeness (QED) is 0.696. The van der Waals surface area contributed by atoms with Gasteiger partial charge in [-0.3, -0.25) is 4.57 Å². The fraction of sp³-hybridized carbons (Fsp3) is 0.0769. The van der Waals surface area contributed by atoms with Crippen molar-refractivity contribution in [3.63, 3.8) is 0 Å². The Bertz CT molecular complexity index is 705. The number of fused-ring (bicyclic) bond motifs is 1. The Balaban J connectivity index is 2.26. The Morgan fingerprint density at radius 2 is 2.11 bits per heavy atom. The molecule has 0 fully saturated rings. The van der Waals surface area contributed by atoms with Crippen LogP contribution in [0.2, 0.25) is 0 Å². The molecule has 2 heterocycles. The molecule has 2 N–H and O–H groups in total. The lowest BCUT2D eigenvalue weighted by molar-refractivity contribution is 0.413. The average molecular weight is 240 g/mol. The van der Waals surface area contributed by atoms with Crippen LogP contribution in [0.5, 0.6) is 5.75 Å². The lowest BCUT2D eigenvalue weighted by atomic mass is 10.2. The van der Waals surface area contributed by atoms with Gasteiger partial charge >= 0.3 is 0 Å². The summed E-state index contributed by atoms with van der Waals surface area (Å²) in [6, 6.07) is 9.28. The lowest BCUT2D eigenvalue weighted by Crippen LogP contribution is -1.98. The fourth-order valence-electron chi connectivity index (χ4n) is 1.92. The molecule has 2 aromatic heterocycles. The first-order valence-corrected chi connectivity index (χ1v) is 5.51. The van der Waals surface area contributed by atoms with Crippen LogP contribution in [0.15, 0.2) is 42.9 Å². The van der Waals surface area contributed by atoms with Crippen LogP contribution in [0, 0.1) is 0 Å². The van der Waals surface area contributed by atoms with Crippen molar-refractivity contribution in [3.8, 4) is 11.4 Å². The highest BCUT2D eigenvalue weighted by atomic mass is 16.5. The van der Waals surface area contributed by atoms with E-state index in [-0.39, 0.29) is 0 Å². The van der Waals surface area contributed by atoms with Gasteiger partial charge in [0.2, 0.25) is 0 Å². The van der Waals surface area contributed by atoms with E-state index in [0.717, 1.165) is 16.9 Å². The van der Waals surface area contributed by atoms with Crippen molar-refractivity contribution in [2.75, 3.05) is 12.8 Å². The minimum atomic E-state index is 0.660. The molecule has 0 radical (unpaired) electrons. The van der Waals surface area contributed by atoms with E-state index in [4.69, 9.17) is 10.5 Å². The number of benzene rings is 1. The van der Waals surface area contributed by atoms with Crippen LogP contribution in [-0.4, -0.2) is 21.6 Å². The number of imidazole rings is 1. The van der Waals surface area contributed by atoms with E-state index in [1.165, 1.54) is 0 Å². The molecule has 5 heteroatoms. The topological polar surface area (TPSA) is 66.0 Å². The van der Waals surface area contributed by atoms with Gasteiger partial charge in [0.1, 0.15) is 17.6 Å². The summed E-state index contributed by atoms with van der Waals surface area (Å²) < 4.78 is 7.23. The first kappa shape index (κ1) is 10.6. The van der Waals surface area contributed by atoms with E-state index in [0.29, 0.717) is 11.4 Å². The normalized spacial score (nSPS) is 10.7. The van der Waals surface area contributed by atoms with Crippen molar-refractivity contribution in [3.05, 3.63) is 42.9 Å². The number of methoxy groups -OCH3 is 1. The second-order valence-corrected chi connectivity index (χ2v) is 3.89. The summed E-state index contributed by atoms with van der Waals surface area (Å²) in [5, 5.41) is 0. The third kappa shape index (κ3) is 1.57. The van der Waals surface area contributed by atoms with Crippen molar-refractivity contribution < 1.29 is 4.74 Å². The number of hydrogen-bond acceptors (Lipinski definition) is 4. The predicted molar refractivity (Wildman–Crippen MR) is 69.8 cm³/mol. The summed E-state index contributed by atoms with van der Waals surface area (Å²) in [6.07, 6.45) is 3.47. The molecule has 0 saturated heterocycles. The summed E-state index contributed by atoms with van der Waals surface area (Å²) in [5.41, 5.74) is 8.91. The number of pyridine rings is 1. The summed E-state index contributed by atoms with van der Waals surface area (Å²) >= 11 is 0. The molecular weight excluding hydrogens is 228 g/mol. The number of ether oxygens (including phenoxy) is 1. The molecule has 0 amide bonds. The molecule has 0 atom stereocenters. The minimum Gasteiger partial charge on any atom is -0.494 e. The monoisotopic (exact) mass is 240 g/mol. The van der Waals surface area contributed by atoms with Gasteiger partial charge < -0.3 is 10.5 Å². The maximum Gasteiger partial charge on any atom is 0.164 e. The number of hydrogen-bond donors (Lipinski definition) is 1. The largest absolute Gasteiger partial charge is 0.494 e. The Hall–Kier alpha value is -2.56. The smallest absolute Gasteiger partial charge is 0.164 e. The van der Waals surface area contributed by atoms with Crippen molar-refractivity contribution in [1.82, 2.24) is 14.5 Å². The number of aromatic nitrogens is 3.